The third-order valence-electron chi connectivity index (χ3n) is 6.07. The smallest absolute Gasteiger partial charge is 0.274 e. The molecule has 2 aromatic rings. The van der Waals surface area contributed by atoms with E-state index in [9.17, 15) is 28.3 Å². The maximum absolute atomic E-state index is 14.1. The lowest BCUT2D eigenvalue weighted by atomic mass is 10.0. The number of aromatic nitrogens is 1. The van der Waals surface area contributed by atoms with Gasteiger partial charge in [-0.1, -0.05) is 0 Å². The lowest BCUT2D eigenvalue weighted by Crippen LogP contribution is -2.44. The van der Waals surface area contributed by atoms with Crippen LogP contribution in [0.15, 0.2) is 23.1 Å². The van der Waals surface area contributed by atoms with Crippen LogP contribution in [0, 0.1) is 18.6 Å². The van der Waals surface area contributed by atoms with Gasteiger partial charge in [-0.3, -0.25) is 14.4 Å². The predicted octanol–water partition coefficient (Wildman–Crippen LogP) is 1.88. The molecule has 0 spiro atoms. The number of hydrogen-bond donors (Lipinski definition) is 2. The highest BCUT2D eigenvalue weighted by atomic mass is 19.1. The molecule has 1 aromatic heterocycles. The molecular formula is C22H23F2N3O5. The van der Waals surface area contributed by atoms with Gasteiger partial charge in [-0.25, -0.2) is 8.78 Å². The van der Waals surface area contributed by atoms with Crippen molar-refractivity contribution < 1.29 is 28.2 Å². The van der Waals surface area contributed by atoms with E-state index in [4.69, 9.17) is 4.74 Å². The molecule has 0 radical (unpaired) electrons. The van der Waals surface area contributed by atoms with Crippen LogP contribution in [0.25, 0.3) is 0 Å². The van der Waals surface area contributed by atoms with E-state index in [1.807, 2.05) is 0 Å². The highest BCUT2D eigenvalue weighted by Crippen LogP contribution is 2.32. The topological polar surface area (TPSA) is 101 Å². The van der Waals surface area contributed by atoms with Crippen LogP contribution < -0.4 is 10.7 Å². The number of halogens is 2. The third kappa shape index (κ3) is 3.75. The third-order valence-corrected chi connectivity index (χ3v) is 6.07. The van der Waals surface area contributed by atoms with Crippen molar-refractivity contribution in [3.63, 3.8) is 0 Å². The van der Waals surface area contributed by atoms with Gasteiger partial charge in [-0.2, -0.15) is 0 Å². The zero-order chi connectivity index (χ0) is 23.2. The molecule has 32 heavy (non-hydrogen) atoms. The van der Waals surface area contributed by atoms with Crippen molar-refractivity contribution in [2.45, 2.75) is 38.5 Å². The predicted molar refractivity (Wildman–Crippen MR) is 110 cm³/mol. The molecule has 2 aliphatic rings. The summed E-state index contributed by atoms with van der Waals surface area (Å²) < 4.78 is 35.0. The number of pyridine rings is 1. The molecule has 0 unspecified atom stereocenters. The van der Waals surface area contributed by atoms with E-state index in [0.29, 0.717) is 31.5 Å². The average Bonchev–Trinajstić information content (AvgIpc) is 2.94. The Morgan fingerprint density at radius 2 is 1.97 bits per heavy atom. The van der Waals surface area contributed by atoms with Gasteiger partial charge in [0, 0.05) is 38.5 Å². The average molecular weight is 447 g/mol. The number of methoxy groups -OCH3 is 1. The molecule has 2 aliphatic heterocycles. The number of carbonyl (C=O) groups excluding carboxylic acids is 2. The summed E-state index contributed by atoms with van der Waals surface area (Å²) in [5, 5.41) is 12.8. The van der Waals surface area contributed by atoms with Crippen molar-refractivity contribution in [2.24, 2.45) is 0 Å². The van der Waals surface area contributed by atoms with Crippen LogP contribution in [-0.2, 0) is 11.3 Å². The van der Waals surface area contributed by atoms with Crippen molar-refractivity contribution in [2.75, 3.05) is 20.2 Å². The summed E-state index contributed by atoms with van der Waals surface area (Å²) in [5.74, 6) is -3.86. The molecule has 2 atom stereocenters. The van der Waals surface area contributed by atoms with Gasteiger partial charge in [0.15, 0.2) is 11.4 Å². The molecule has 4 rings (SSSR count). The van der Waals surface area contributed by atoms with Gasteiger partial charge in [0.25, 0.3) is 11.8 Å². The van der Waals surface area contributed by atoms with Gasteiger partial charge in [-0.05, 0) is 37.5 Å². The standard InChI is InChI=1S/C22H23F2N3O5/c1-11-5-16(23)14(17(24)6-11)8-25-21(30)15-10-27-12-7-13(32-2)3-4-26(9-12)22(31)18(27)20(29)19(15)28/h5-6,10,12-13,29H,3-4,7-9H2,1-2H3,(H,25,30)/t12-,13-/m0/s1. The Hall–Kier alpha value is -3.27. The molecule has 0 saturated carbocycles. The molecule has 170 valence electrons. The van der Waals surface area contributed by atoms with Crippen LogP contribution in [0.1, 0.15) is 50.9 Å². The number of rotatable bonds is 4. The molecule has 3 heterocycles. The van der Waals surface area contributed by atoms with Crippen LogP contribution in [0.3, 0.4) is 0 Å². The van der Waals surface area contributed by atoms with Crippen molar-refractivity contribution in [3.05, 3.63) is 62.6 Å². The molecule has 1 saturated heterocycles. The molecular weight excluding hydrogens is 424 g/mol. The van der Waals surface area contributed by atoms with E-state index in [1.165, 1.54) is 17.7 Å². The van der Waals surface area contributed by atoms with Crippen LogP contribution in [-0.4, -0.2) is 52.7 Å². The summed E-state index contributed by atoms with van der Waals surface area (Å²) in [6, 6.07) is 1.97. The Labute approximate surface area is 182 Å². The Morgan fingerprint density at radius 1 is 1.28 bits per heavy atom. The van der Waals surface area contributed by atoms with Gasteiger partial charge in [0.1, 0.15) is 17.2 Å². The first-order valence-electron chi connectivity index (χ1n) is 10.2. The first kappa shape index (κ1) is 21.9. The van der Waals surface area contributed by atoms with Gasteiger partial charge < -0.3 is 24.6 Å². The number of benzene rings is 1. The lowest BCUT2D eigenvalue weighted by Gasteiger charge is -2.34. The maximum Gasteiger partial charge on any atom is 0.274 e. The van der Waals surface area contributed by atoms with E-state index in [2.05, 4.69) is 5.32 Å². The van der Waals surface area contributed by atoms with Crippen LogP contribution >= 0.6 is 0 Å². The second-order valence-corrected chi connectivity index (χ2v) is 8.15. The summed E-state index contributed by atoms with van der Waals surface area (Å²) in [5.41, 5.74) is -1.56. The number of ether oxygens (including phenoxy) is 1. The van der Waals surface area contributed by atoms with Gasteiger partial charge >= 0.3 is 0 Å². The van der Waals surface area contributed by atoms with Crippen molar-refractivity contribution in [3.8, 4) is 5.75 Å². The highest BCUT2D eigenvalue weighted by Gasteiger charge is 2.38. The van der Waals surface area contributed by atoms with Crippen LogP contribution in [0.4, 0.5) is 8.78 Å². The largest absolute Gasteiger partial charge is 0.503 e. The summed E-state index contributed by atoms with van der Waals surface area (Å²) in [4.78, 5) is 39.8. The first-order chi connectivity index (χ1) is 15.2. The molecule has 2 N–H and O–H groups in total. The lowest BCUT2D eigenvalue weighted by molar-refractivity contribution is 0.0677. The summed E-state index contributed by atoms with van der Waals surface area (Å²) in [6.07, 6.45) is 2.23. The zero-order valence-corrected chi connectivity index (χ0v) is 17.7. The number of carbonyl (C=O) groups is 2. The van der Waals surface area contributed by atoms with Crippen LogP contribution in [0.2, 0.25) is 0 Å². The summed E-state index contributed by atoms with van der Waals surface area (Å²) >= 11 is 0. The summed E-state index contributed by atoms with van der Waals surface area (Å²) in [6.45, 7) is 1.84. The molecule has 10 heteroatoms. The maximum atomic E-state index is 14.1. The van der Waals surface area contributed by atoms with Crippen molar-refractivity contribution >= 4 is 11.8 Å². The number of aryl methyl sites for hydroxylation is 1. The van der Waals surface area contributed by atoms with Gasteiger partial charge in [0.05, 0.1) is 12.1 Å². The minimum Gasteiger partial charge on any atom is -0.503 e. The molecule has 1 aromatic carbocycles. The van der Waals surface area contributed by atoms with Crippen molar-refractivity contribution in [1.82, 2.24) is 14.8 Å². The van der Waals surface area contributed by atoms with Gasteiger partial charge in [0.2, 0.25) is 5.43 Å². The zero-order valence-electron chi connectivity index (χ0n) is 17.7. The molecule has 1 fully saturated rings. The minimum absolute atomic E-state index is 0.130. The normalized spacial score (nSPS) is 20.0. The number of nitrogens with zero attached hydrogens (tertiary/aromatic N) is 2. The van der Waals surface area contributed by atoms with E-state index in [0.717, 1.165) is 12.1 Å². The number of hydrogen-bond acceptors (Lipinski definition) is 5. The summed E-state index contributed by atoms with van der Waals surface area (Å²) in [7, 11) is 1.57. The Balaban J connectivity index is 1.67. The SMILES string of the molecule is CO[C@H]1CCN2C[C@H](C1)n1cc(C(=O)NCc3c(F)cc(C)cc3F)c(=O)c(O)c1C2=O. The van der Waals surface area contributed by atoms with Gasteiger partial charge in [-0.15, -0.1) is 0 Å². The van der Waals surface area contributed by atoms with E-state index >= 15 is 0 Å². The number of nitrogens with one attached hydrogen (secondary N) is 1. The fraction of sp³-hybridized carbons (Fsp3) is 0.409. The van der Waals surface area contributed by atoms with E-state index < -0.39 is 46.7 Å². The fourth-order valence-electron chi connectivity index (χ4n) is 4.33. The Bertz CT molecular complexity index is 1140. The van der Waals surface area contributed by atoms with E-state index in [1.54, 1.807) is 12.0 Å². The first-order valence-corrected chi connectivity index (χ1v) is 10.2. The Morgan fingerprint density at radius 3 is 2.62 bits per heavy atom. The highest BCUT2D eigenvalue weighted by molar-refractivity contribution is 5.99. The van der Waals surface area contributed by atoms with Crippen LogP contribution in [0.5, 0.6) is 5.75 Å². The number of amides is 2. The number of aromatic hydroxyl groups is 1. The van der Waals surface area contributed by atoms with Crippen molar-refractivity contribution in [1.29, 1.82) is 0 Å². The second-order valence-electron chi connectivity index (χ2n) is 8.15. The Kier molecular flexibility index (Phi) is 5.72. The fourth-order valence-corrected chi connectivity index (χ4v) is 4.33. The second kappa shape index (κ2) is 8.34. The quantitative estimate of drug-likeness (QED) is 0.746. The monoisotopic (exact) mass is 447 g/mol. The number of fused-ring (bicyclic) bond motifs is 4. The molecule has 2 bridgehead atoms. The minimum atomic E-state index is -1.02. The molecule has 2 amide bonds. The van der Waals surface area contributed by atoms with E-state index in [-0.39, 0.29) is 23.4 Å². The molecule has 0 aliphatic carbocycles. The molecule has 8 nitrogen and oxygen atoms in total.